The second kappa shape index (κ2) is 8.39. The lowest BCUT2D eigenvalue weighted by molar-refractivity contribution is -0.137. The monoisotopic (exact) mass is 394 g/mol. The van der Waals surface area contributed by atoms with E-state index in [1.54, 1.807) is 11.6 Å². The first-order valence-electron chi connectivity index (χ1n) is 7.17. The molecule has 0 bridgehead atoms. The number of benzene rings is 1. The van der Waals surface area contributed by atoms with Gasteiger partial charge < -0.3 is 15.2 Å². The van der Waals surface area contributed by atoms with Gasteiger partial charge in [-0.2, -0.15) is 13.2 Å². The number of thiazole rings is 1. The van der Waals surface area contributed by atoms with Gasteiger partial charge in [-0.1, -0.05) is 11.6 Å². The van der Waals surface area contributed by atoms with Gasteiger partial charge in [-0.25, -0.2) is 9.78 Å². The van der Waals surface area contributed by atoms with Crippen LogP contribution in [0.15, 0.2) is 29.8 Å². The van der Waals surface area contributed by atoms with Crippen molar-refractivity contribution in [2.75, 3.05) is 6.54 Å². The maximum Gasteiger partial charge on any atom is 0.416 e. The van der Waals surface area contributed by atoms with Crippen LogP contribution in [0, 0.1) is 0 Å². The fourth-order valence-electron chi connectivity index (χ4n) is 2.03. The summed E-state index contributed by atoms with van der Waals surface area (Å²) in [6.07, 6.45) is -3.94. The van der Waals surface area contributed by atoms with Gasteiger partial charge in [0.05, 0.1) is 10.6 Å². The Bertz CT molecular complexity index is 711. The normalized spacial score (nSPS) is 12.6. The largest absolute Gasteiger partial charge is 0.482 e. The minimum Gasteiger partial charge on any atom is -0.482 e. The highest BCUT2D eigenvalue weighted by atomic mass is 35.5. The molecule has 2 N–H and O–H groups in total. The highest BCUT2D eigenvalue weighted by molar-refractivity contribution is 7.09. The molecule has 1 aromatic heterocycles. The summed E-state index contributed by atoms with van der Waals surface area (Å²) in [6, 6.07) is 2.85. The van der Waals surface area contributed by atoms with E-state index in [4.69, 9.17) is 21.4 Å². The lowest BCUT2D eigenvalue weighted by Gasteiger charge is -2.19. The number of carboxylic acid groups (broad SMARTS) is 1. The van der Waals surface area contributed by atoms with Gasteiger partial charge in [0.1, 0.15) is 10.8 Å². The third-order valence-electron chi connectivity index (χ3n) is 3.17. The Kier molecular flexibility index (Phi) is 6.49. The number of rotatable bonds is 7. The minimum atomic E-state index is -4.51. The fourth-order valence-corrected chi connectivity index (χ4v) is 2.90. The Balaban J connectivity index is 2.15. The lowest BCUT2D eigenvalue weighted by atomic mass is 10.2. The molecule has 5 nitrogen and oxygen atoms in total. The molecule has 0 fully saturated rings. The number of carbonyl (C=O) groups is 1. The molecule has 25 heavy (non-hydrogen) atoms. The van der Waals surface area contributed by atoms with E-state index in [9.17, 15) is 18.0 Å². The van der Waals surface area contributed by atoms with Crippen molar-refractivity contribution in [2.45, 2.75) is 25.1 Å². The first-order valence-corrected chi connectivity index (χ1v) is 8.42. The van der Waals surface area contributed by atoms with Gasteiger partial charge >= 0.3 is 12.3 Å². The van der Waals surface area contributed by atoms with Crippen molar-refractivity contribution in [3.8, 4) is 5.75 Å². The van der Waals surface area contributed by atoms with Gasteiger partial charge in [0.25, 0.3) is 0 Å². The van der Waals surface area contributed by atoms with E-state index in [0.717, 1.165) is 18.2 Å². The molecule has 0 saturated heterocycles. The van der Waals surface area contributed by atoms with E-state index in [2.05, 4.69) is 10.3 Å². The maximum absolute atomic E-state index is 12.9. The number of halogens is 4. The second-order valence-corrected chi connectivity index (χ2v) is 6.33. The quantitative estimate of drug-likeness (QED) is 0.649. The maximum atomic E-state index is 12.9. The molecular formula is C15H14ClF3N2O3S. The predicted molar refractivity (Wildman–Crippen MR) is 87.2 cm³/mol. The van der Waals surface area contributed by atoms with Crippen LogP contribution in [0.5, 0.6) is 5.75 Å². The van der Waals surface area contributed by atoms with E-state index in [-0.39, 0.29) is 17.3 Å². The van der Waals surface area contributed by atoms with Crippen molar-refractivity contribution in [1.82, 2.24) is 10.3 Å². The Hall–Kier alpha value is -2.00. The first-order chi connectivity index (χ1) is 11.8. The van der Waals surface area contributed by atoms with Gasteiger partial charge in [0, 0.05) is 18.1 Å². The molecule has 1 atom stereocenters. The predicted octanol–water partition coefficient (Wildman–Crippen LogP) is 4.98. The zero-order valence-corrected chi connectivity index (χ0v) is 14.3. The van der Waals surface area contributed by atoms with Crippen LogP contribution < -0.4 is 10.1 Å². The molecule has 1 amide bonds. The van der Waals surface area contributed by atoms with Gasteiger partial charge in [0.15, 0.2) is 6.10 Å². The standard InChI is InChI=1S/C15H14ClF3N2O3S/c16-10-4-3-9(15(17,18)19)8-12(10)24-11(13-20-6-7-25-13)2-1-5-21-14(22)23/h3-4,6-8,11,21H,1-2,5H2,(H,22,23). The smallest absolute Gasteiger partial charge is 0.416 e. The number of nitrogens with zero attached hydrogens (tertiary/aromatic N) is 1. The van der Waals surface area contributed by atoms with Crippen LogP contribution in [-0.4, -0.2) is 22.7 Å². The molecule has 1 unspecified atom stereocenters. The summed E-state index contributed by atoms with van der Waals surface area (Å²) in [5.74, 6) is -0.0946. The highest BCUT2D eigenvalue weighted by Crippen LogP contribution is 2.37. The molecule has 1 heterocycles. The van der Waals surface area contributed by atoms with E-state index < -0.39 is 23.9 Å². The van der Waals surface area contributed by atoms with Crippen molar-refractivity contribution in [2.24, 2.45) is 0 Å². The molecule has 0 saturated carbocycles. The van der Waals surface area contributed by atoms with Crippen LogP contribution >= 0.6 is 22.9 Å². The number of hydrogen-bond donors (Lipinski definition) is 2. The van der Waals surface area contributed by atoms with Crippen molar-refractivity contribution < 1.29 is 27.8 Å². The van der Waals surface area contributed by atoms with Crippen molar-refractivity contribution in [1.29, 1.82) is 0 Å². The SMILES string of the molecule is O=C(O)NCCCC(Oc1cc(C(F)(F)F)ccc1Cl)c1nccs1. The molecule has 0 spiro atoms. The zero-order valence-electron chi connectivity index (χ0n) is 12.7. The van der Waals surface area contributed by atoms with Crippen LogP contribution in [0.4, 0.5) is 18.0 Å². The number of ether oxygens (including phenoxy) is 1. The van der Waals surface area contributed by atoms with Crippen LogP contribution in [0.2, 0.25) is 5.02 Å². The Morgan fingerprint density at radius 1 is 1.44 bits per heavy atom. The molecule has 2 aromatic rings. The summed E-state index contributed by atoms with van der Waals surface area (Å²) in [4.78, 5) is 14.6. The van der Waals surface area contributed by atoms with Crippen molar-refractivity contribution in [3.63, 3.8) is 0 Å². The van der Waals surface area contributed by atoms with Gasteiger partial charge in [0.2, 0.25) is 0 Å². The van der Waals surface area contributed by atoms with Crippen LogP contribution in [0.25, 0.3) is 0 Å². The first kappa shape index (κ1) is 19.3. The minimum absolute atomic E-state index is 0.0539. The van der Waals surface area contributed by atoms with Gasteiger partial charge in [-0.05, 0) is 31.0 Å². The highest BCUT2D eigenvalue weighted by Gasteiger charge is 2.31. The fraction of sp³-hybridized carbons (Fsp3) is 0.333. The van der Waals surface area contributed by atoms with E-state index >= 15 is 0 Å². The summed E-state index contributed by atoms with van der Waals surface area (Å²) in [5.41, 5.74) is -0.864. The number of nitrogens with one attached hydrogen (secondary N) is 1. The Morgan fingerprint density at radius 2 is 2.20 bits per heavy atom. The van der Waals surface area contributed by atoms with Crippen LogP contribution in [0.3, 0.4) is 0 Å². The van der Waals surface area contributed by atoms with E-state index in [0.29, 0.717) is 17.8 Å². The van der Waals surface area contributed by atoms with Crippen molar-refractivity contribution >= 4 is 29.0 Å². The lowest BCUT2D eigenvalue weighted by Crippen LogP contribution is -2.22. The summed E-state index contributed by atoms with van der Waals surface area (Å²) in [7, 11) is 0. The number of hydrogen-bond acceptors (Lipinski definition) is 4. The van der Waals surface area contributed by atoms with E-state index in [1.807, 2.05) is 0 Å². The van der Waals surface area contributed by atoms with Crippen LogP contribution in [-0.2, 0) is 6.18 Å². The topological polar surface area (TPSA) is 71.5 Å². The molecular weight excluding hydrogens is 381 g/mol. The van der Waals surface area contributed by atoms with Gasteiger partial charge in [-0.3, -0.25) is 0 Å². The second-order valence-electron chi connectivity index (χ2n) is 4.99. The molecule has 0 radical (unpaired) electrons. The third kappa shape index (κ3) is 5.79. The third-order valence-corrected chi connectivity index (χ3v) is 4.35. The van der Waals surface area contributed by atoms with Crippen LogP contribution in [0.1, 0.15) is 29.5 Å². The molecule has 0 aliphatic heterocycles. The Labute approximate surface area is 150 Å². The summed E-state index contributed by atoms with van der Waals surface area (Å²) in [5, 5.41) is 13.1. The molecule has 136 valence electrons. The van der Waals surface area contributed by atoms with Gasteiger partial charge in [-0.15, -0.1) is 11.3 Å². The zero-order chi connectivity index (χ0) is 18.4. The summed E-state index contributed by atoms with van der Waals surface area (Å²) in [6.45, 7) is 0.191. The molecule has 0 aliphatic rings. The molecule has 0 aliphatic carbocycles. The number of aromatic nitrogens is 1. The molecule has 10 heteroatoms. The summed E-state index contributed by atoms with van der Waals surface area (Å²) < 4.78 is 44.3. The van der Waals surface area contributed by atoms with Crippen molar-refractivity contribution in [3.05, 3.63) is 45.4 Å². The van der Waals surface area contributed by atoms with E-state index in [1.165, 1.54) is 11.3 Å². The number of alkyl halides is 3. The summed E-state index contributed by atoms with van der Waals surface area (Å²) >= 11 is 7.25. The average molecular weight is 395 g/mol. The average Bonchev–Trinajstić information content (AvgIpc) is 3.05. The molecule has 2 rings (SSSR count). The number of amides is 1. The molecule has 1 aromatic carbocycles. The Morgan fingerprint density at radius 3 is 2.80 bits per heavy atom.